The van der Waals surface area contributed by atoms with Gasteiger partial charge in [0.1, 0.15) is 12.7 Å². The van der Waals surface area contributed by atoms with Crippen molar-refractivity contribution in [1.82, 2.24) is 24.3 Å². The quantitative estimate of drug-likeness (QED) is 0.262. The number of halogens is 1. The molecule has 2 heterocycles. The van der Waals surface area contributed by atoms with E-state index in [9.17, 15) is 9.59 Å². The molecule has 0 saturated carbocycles. The third kappa shape index (κ3) is 4.52. The SMILES string of the molecule is C=CCn1c(SCC(=O)Nc2cc(Cl)ccc2-n2cncn2)nc2ccccc2c1=O. The van der Waals surface area contributed by atoms with Crippen LogP contribution in [0.5, 0.6) is 0 Å². The topological polar surface area (TPSA) is 94.7 Å². The molecule has 0 saturated heterocycles. The van der Waals surface area contributed by atoms with Gasteiger partial charge in [-0.2, -0.15) is 5.10 Å². The number of nitrogens with one attached hydrogen (secondary N) is 1. The van der Waals surface area contributed by atoms with E-state index in [1.807, 2.05) is 6.07 Å². The lowest BCUT2D eigenvalue weighted by Gasteiger charge is -2.13. The molecule has 0 unspecified atom stereocenters. The zero-order valence-electron chi connectivity index (χ0n) is 16.2. The van der Waals surface area contributed by atoms with Gasteiger partial charge in [0.15, 0.2) is 5.16 Å². The van der Waals surface area contributed by atoms with E-state index in [1.54, 1.807) is 42.5 Å². The van der Waals surface area contributed by atoms with Gasteiger partial charge in [-0.15, -0.1) is 6.58 Å². The van der Waals surface area contributed by atoms with E-state index in [-0.39, 0.29) is 17.2 Å². The molecule has 4 aromatic rings. The Balaban J connectivity index is 1.57. The van der Waals surface area contributed by atoms with Crippen molar-refractivity contribution in [1.29, 1.82) is 0 Å². The zero-order chi connectivity index (χ0) is 21.8. The van der Waals surface area contributed by atoms with Crippen LogP contribution in [0.15, 0.2) is 77.7 Å². The summed E-state index contributed by atoms with van der Waals surface area (Å²) in [5.41, 5.74) is 1.54. The third-order valence-corrected chi connectivity index (χ3v) is 5.58. The monoisotopic (exact) mass is 452 g/mol. The molecule has 1 amide bonds. The van der Waals surface area contributed by atoms with Crippen LogP contribution in [-0.2, 0) is 11.3 Å². The largest absolute Gasteiger partial charge is 0.323 e. The summed E-state index contributed by atoms with van der Waals surface area (Å²) in [4.78, 5) is 34.0. The van der Waals surface area contributed by atoms with E-state index < -0.39 is 0 Å². The first-order chi connectivity index (χ1) is 15.1. The van der Waals surface area contributed by atoms with Gasteiger partial charge in [-0.25, -0.2) is 14.6 Å². The Kier molecular flexibility index (Phi) is 6.15. The summed E-state index contributed by atoms with van der Waals surface area (Å²) in [6.07, 6.45) is 4.55. The standard InChI is InChI=1S/C21H17ClN6O2S/c1-2-9-27-20(30)15-5-3-4-6-16(15)26-21(27)31-11-19(29)25-17-10-14(22)7-8-18(17)28-13-23-12-24-28/h2-8,10,12-13H,1,9,11H2,(H,25,29). The van der Waals surface area contributed by atoms with Gasteiger partial charge in [-0.3, -0.25) is 14.2 Å². The van der Waals surface area contributed by atoms with Gasteiger partial charge in [0, 0.05) is 11.6 Å². The second-order valence-electron chi connectivity index (χ2n) is 6.45. The minimum absolute atomic E-state index is 0.0469. The second-order valence-corrected chi connectivity index (χ2v) is 7.83. The maximum atomic E-state index is 12.8. The molecule has 31 heavy (non-hydrogen) atoms. The second kappa shape index (κ2) is 9.15. The number of thioether (sulfide) groups is 1. The molecule has 4 rings (SSSR count). The molecule has 0 fully saturated rings. The average molecular weight is 453 g/mol. The van der Waals surface area contributed by atoms with E-state index in [4.69, 9.17) is 11.6 Å². The predicted octanol–water partition coefficient (Wildman–Crippen LogP) is 3.55. The van der Waals surface area contributed by atoms with Crippen molar-refractivity contribution in [3.63, 3.8) is 0 Å². The maximum absolute atomic E-state index is 12.8. The number of carbonyl (C=O) groups excluding carboxylic acids is 1. The summed E-state index contributed by atoms with van der Waals surface area (Å²) in [6.45, 7) is 4.01. The molecule has 0 spiro atoms. The van der Waals surface area contributed by atoms with Crippen molar-refractivity contribution in [3.05, 3.63) is 83.2 Å². The third-order valence-electron chi connectivity index (χ3n) is 4.37. The lowest BCUT2D eigenvalue weighted by molar-refractivity contribution is -0.113. The van der Waals surface area contributed by atoms with Crippen LogP contribution in [0.25, 0.3) is 16.6 Å². The predicted molar refractivity (Wildman–Crippen MR) is 122 cm³/mol. The summed E-state index contributed by atoms with van der Waals surface area (Å²) in [5.74, 6) is -0.230. The lowest BCUT2D eigenvalue weighted by atomic mass is 10.2. The molecule has 2 aromatic heterocycles. The Morgan fingerprint density at radius 1 is 1.26 bits per heavy atom. The summed E-state index contributed by atoms with van der Waals surface area (Å²) in [7, 11) is 0. The van der Waals surface area contributed by atoms with Crippen molar-refractivity contribution in [2.45, 2.75) is 11.7 Å². The van der Waals surface area contributed by atoms with E-state index in [0.29, 0.717) is 39.0 Å². The van der Waals surface area contributed by atoms with Crippen molar-refractivity contribution in [2.24, 2.45) is 0 Å². The maximum Gasteiger partial charge on any atom is 0.262 e. The summed E-state index contributed by atoms with van der Waals surface area (Å²) in [5, 5.41) is 8.39. The number of carbonyl (C=O) groups is 1. The van der Waals surface area contributed by atoms with Crippen molar-refractivity contribution in [3.8, 4) is 5.69 Å². The number of hydrogen-bond acceptors (Lipinski definition) is 6. The Hall–Kier alpha value is -3.43. The highest BCUT2D eigenvalue weighted by atomic mass is 35.5. The van der Waals surface area contributed by atoms with Crippen LogP contribution in [0.2, 0.25) is 5.02 Å². The highest BCUT2D eigenvalue weighted by molar-refractivity contribution is 7.99. The van der Waals surface area contributed by atoms with E-state index in [1.165, 1.54) is 33.7 Å². The fourth-order valence-electron chi connectivity index (χ4n) is 3.01. The number of hydrogen-bond donors (Lipinski definition) is 1. The molecule has 0 atom stereocenters. The van der Waals surface area contributed by atoms with Crippen molar-refractivity contribution < 1.29 is 4.79 Å². The normalized spacial score (nSPS) is 10.9. The smallest absolute Gasteiger partial charge is 0.262 e. The molecule has 0 radical (unpaired) electrons. The molecule has 0 aliphatic rings. The van der Waals surface area contributed by atoms with Crippen LogP contribution in [0, 0.1) is 0 Å². The summed E-state index contributed by atoms with van der Waals surface area (Å²) >= 11 is 7.28. The fourth-order valence-corrected chi connectivity index (χ4v) is 3.99. The van der Waals surface area contributed by atoms with Gasteiger partial charge in [-0.1, -0.05) is 41.6 Å². The number of benzene rings is 2. The van der Waals surface area contributed by atoms with Crippen molar-refractivity contribution >= 4 is 45.9 Å². The first-order valence-electron chi connectivity index (χ1n) is 9.24. The minimum Gasteiger partial charge on any atom is -0.323 e. The number of nitrogens with zero attached hydrogens (tertiary/aromatic N) is 5. The molecule has 0 bridgehead atoms. The van der Waals surface area contributed by atoms with Gasteiger partial charge < -0.3 is 5.32 Å². The molecular weight excluding hydrogens is 436 g/mol. The number of aromatic nitrogens is 5. The Morgan fingerprint density at radius 2 is 2.10 bits per heavy atom. The number of para-hydroxylation sites is 1. The average Bonchev–Trinajstić information content (AvgIpc) is 3.29. The number of anilines is 1. The zero-order valence-corrected chi connectivity index (χ0v) is 17.8. The fraction of sp³-hybridized carbons (Fsp3) is 0.0952. The van der Waals surface area contributed by atoms with Crippen molar-refractivity contribution in [2.75, 3.05) is 11.1 Å². The molecule has 156 valence electrons. The molecule has 0 aliphatic heterocycles. The minimum atomic E-state index is -0.277. The molecular formula is C21H17ClN6O2S. The number of allylic oxidation sites excluding steroid dienone is 1. The van der Waals surface area contributed by atoms with Crippen LogP contribution in [0.4, 0.5) is 5.69 Å². The van der Waals surface area contributed by atoms with Crippen LogP contribution < -0.4 is 10.9 Å². The van der Waals surface area contributed by atoms with Crippen LogP contribution in [-0.4, -0.2) is 36.0 Å². The molecule has 2 aromatic carbocycles. The lowest BCUT2D eigenvalue weighted by Crippen LogP contribution is -2.24. The first-order valence-corrected chi connectivity index (χ1v) is 10.6. The first kappa shape index (κ1) is 20.8. The van der Waals surface area contributed by atoms with Crippen LogP contribution in [0.1, 0.15) is 0 Å². The molecule has 0 aliphatic carbocycles. The highest BCUT2D eigenvalue weighted by Crippen LogP contribution is 2.25. The Morgan fingerprint density at radius 3 is 2.87 bits per heavy atom. The van der Waals surface area contributed by atoms with E-state index in [0.717, 1.165) is 0 Å². The van der Waals surface area contributed by atoms with Crippen LogP contribution in [0.3, 0.4) is 0 Å². The van der Waals surface area contributed by atoms with E-state index in [2.05, 4.69) is 27.0 Å². The molecule has 10 heteroatoms. The van der Waals surface area contributed by atoms with Gasteiger partial charge in [0.05, 0.1) is 28.0 Å². The van der Waals surface area contributed by atoms with Gasteiger partial charge >= 0.3 is 0 Å². The Bertz CT molecular complexity index is 1320. The summed E-state index contributed by atoms with van der Waals surface area (Å²) < 4.78 is 3.04. The number of amides is 1. The van der Waals surface area contributed by atoms with Crippen LogP contribution >= 0.6 is 23.4 Å². The number of fused-ring (bicyclic) bond motifs is 1. The van der Waals surface area contributed by atoms with Gasteiger partial charge in [0.25, 0.3) is 5.56 Å². The highest BCUT2D eigenvalue weighted by Gasteiger charge is 2.14. The van der Waals surface area contributed by atoms with E-state index >= 15 is 0 Å². The molecule has 8 nitrogen and oxygen atoms in total. The number of rotatable bonds is 7. The molecule has 1 N–H and O–H groups in total. The van der Waals surface area contributed by atoms with Gasteiger partial charge in [-0.05, 0) is 30.3 Å². The van der Waals surface area contributed by atoms with Gasteiger partial charge in [0.2, 0.25) is 5.91 Å². The summed E-state index contributed by atoms with van der Waals surface area (Å²) in [6, 6.07) is 12.2. The Labute approximate surface area is 186 Å².